The molecule has 1 aliphatic rings. The number of furan rings is 1. The lowest BCUT2D eigenvalue weighted by Crippen LogP contribution is -2.22. The smallest absolute Gasteiger partial charge is 0.287 e. The summed E-state index contributed by atoms with van der Waals surface area (Å²) in [4.78, 5) is 21.4. The minimum atomic E-state index is -0.294. The van der Waals surface area contributed by atoms with Gasteiger partial charge < -0.3 is 14.3 Å². The van der Waals surface area contributed by atoms with Gasteiger partial charge in [-0.05, 0) is 60.9 Å². The van der Waals surface area contributed by atoms with E-state index in [4.69, 9.17) is 4.42 Å². The molecule has 1 amide bonds. The number of hydrogen-bond donors (Lipinski definition) is 1. The molecule has 168 valence electrons. The number of halogens is 1. The lowest BCUT2D eigenvalue weighted by molar-refractivity contribution is 0.0924. The topological polar surface area (TPSA) is 73.0 Å². The maximum Gasteiger partial charge on any atom is 0.287 e. The summed E-state index contributed by atoms with van der Waals surface area (Å²) >= 11 is 0. The number of nitrogens with zero attached hydrogens (tertiary/aromatic N) is 3. The number of imidazole rings is 1. The largest absolute Gasteiger partial charge is 0.449 e. The Hall–Kier alpha value is -3.74. The fourth-order valence-corrected chi connectivity index (χ4v) is 4.42. The van der Waals surface area contributed by atoms with Crippen molar-refractivity contribution in [2.24, 2.45) is 0 Å². The van der Waals surface area contributed by atoms with Crippen LogP contribution in [0.2, 0.25) is 0 Å². The highest BCUT2D eigenvalue weighted by molar-refractivity contribution is 5.92. The third-order valence-electron chi connectivity index (χ3n) is 6.12. The molecular formula is C26H25FN4O2. The summed E-state index contributed by atoms with van der Waals surface area (Å²) in [5.74, 6) is 0.217. The van der Waals surface area contributed by atoms with Gasteiger partial charge in [-0.1, -0.05) is 25.3 Å². The minimum Gasteiger partial charge on any atom is -0.449 e. The van der Waals surface area contributed by atoms with Crippen molar-refractivity contribution in [2.45, 2.75) is 44.7 Å². The van der Waals surface area contributed by atoms with Crippen LogP contribution in [-0.2, 0) is 6.54 Å². The molecule has 5 rings (SSSR count). The number of rotatable bonds is 6. The molecule has 0 aliphatic heterocycles. The van der Waals surface area contributed by atoms with E-state index in [9.17, 15) is 9.18 Å². The van der Waals surface area contributed by atoms with Crippen molar-refractivity contribution in [1.29, 1.82) is 0 Å². The van der Waals surface area contributed by atoms with Crippen LogP contribution in [-0.4, -0.2) is 20.4 Å². The zero-order chi connectivity index (χ0) is 22.6. The van der Waals surface area contributed by atoms with Crippen LogP contribution in [0.4, 0.5) is 4.39 Å². The summed E-state index contributed by atoms with van der Waals surface area (Å²) in [6.45, 7) is 0.365. The van der Waals surface area contributed by atoms with Gasteiger partial charge in [-0.15, -0.1) is 0 Å². The van der Waals surface area contributed by atoms with Crippen LogP contribution in [0.25, 0.3) is 22.7 Å². The van der Waals surface area contributed by atoms with Crippen molar-refractivity contribution < 1.29 is 13.6 Å². The van der Waals surface area contributed by atoms with Crippen molar-refractivity contribution in [3.63, 3.8) is 0 Å². The van der Waals surface area contributed by atoms with Crippen LogP contribution in [0.15, 0.2) is 71.7 Å². The number of hydrogen-bond acceptors (Lipinski definition) is 4. The van der Waals surface area contributed by atoms with E-state index in [1.807, 2.05) is 24.5 Å². The average Bonchev–Trinajstić information content (AvgIpc) is 3.52. The molecule has 1 fully saturated rings. The Bertz CT molecular complexity index is 1220. The van der Waals surface area contributed by atoms with E-state index in [0.717, 1.165) is 35.4 Å². The number of nitrogens with one attached hydrogen (secondary N) is 1. The van der Waals surface area contributed by atoms with Gasteiger partial charge >= 0.3 is 0 Å². The second kappa shape index (κ2) is 9.40. The third kappa shape index (κ3) is 4.58. The molecule has 4 aromatic rings. The Morgan fingerprint density at radius 1 is 1.09 bits per heavy atom. The number of carbonyl (C=O) groups is 1. The maximum atomic E-state index is 13.5. The fourth-order valence-electron chi connectivity index (χ4n) is 4.42. The van der Waals surface area contributed by atoms with E-state index in [1.165, 1.54) is 31.4 Å². The second-order valence-electron chi connectivity index (χ2n) is 8.36. The molecule has 3 aromatic heterocycles. The van der Waals surface area contributed by atoms with Gasteiger partial charge in [0.1, 0.15) is 11.5 Å². The molecule has 6 nitrogen and oxygen atoms in total. The standard InChI is InChI=1S/C26H25FN4O2/c27-20-10-8-19(9-11-20)24-25(31(17-30-24)21-6-2-1-3-7-21)22-12-13-23(33-22)26(32)29-16-18-5-4-14-28-15-18/h4-5,8-15,17,21H,1-3,6-7,16H2,(H,29,32). The number of aromatic nitrogens is 3. The second-order valence-corrected chi connectivity index (χ2v) is 8.36. The highest BCUT2D eigenvalue weighted by atomic mass is 19.1. The Morgan fingerprint density at radius 2 is 1.91 bits per heavy atom. The zero-order valence-corrected chi connectivity index (χ0v) is 18.2. The number of pyridine rings is 1. The lowest BCUT2D eigenvalue weighted by atomic mass is 9.95. The number of benzene rings is 1. The van der Waals surface area contributed by atoms with Gasteiger partial charge in [-0.25, -0.2) is 9.37 Å². The van der Waals surface area contributed by atoms with Crippen molar-refractivity contribution >= 4 is 5.91 Å². The maximum absolute atomic E-state index is 13.5. The molecule has 0 saturated heterocycles. The van der Waals surface area contributed by atoms with Crippen molar-refractivity contribution in [1.82, 2.24) is 19.9 Å². The molecule has 3 heterocycles. The van der Waals surface area contributed by atoms with Gasteiger partial charge in [0.15, 0.2) is 11.5 Å². The first-order valence-corrected chi connectivity index (χ1v) is 11.3. The van der Waals surface area contributed by atoms with Crippen molar-refractivity contribution in [3.05, 3.63) is 84.4 Å². The van der Waals surface area contributed by atoms with Crippen LogP contribution in [0.5, 0.6) is 0 Å². The van der Waals surface area contributed by atoms with Crippen molar-refractivity contribution in [3.8, 4) is 22.7 Å². The summed E-state index contributed by atoms with van der Waals surface area (Å²) in [5.41, 5.74) is 3.25. The van der Waals surface area contributed by atoms with Crippen LogP contribution in [0, 0.1) is 5.82 Å². The minimum absolute atomic E-state index is 0.232. The normalized spacial score (nSPS) is 14.3. The number of amides is 1. The summed E-state index contributed by atoms with van der Waals surface area (Å²) in [5, 5.41) is 2.87. The van der Waals surface area contributed by atoms with Gasteiger partial charge in [-0.3, -0.25) is 9.78 Å². The van der Waals surface area contributed by atoms with E-state index in [1.54, 1.807) is 30.6 Å². The average molecular weight is 445 g/mol. The van der Waals surface area contributed by atoms with E-state index in [2.05, 4.69) is 19.9 Å². The van der Waals surface area contributed by atoms with Crippen LogP contribution in [0.3, 0.4) is 0 Å². The van der Waals surface area contributed by atoms with Crippen LogP contribution >= 0.6 is 0 Å². The molecule has 0 bridgehead atoms. The monoisotopic (exact) mass is 444 g/mol. The molecule has 7 heteroatoms. The summed E-state index contributed by atoms with van der Waals surface area (Å²) < 4.78 is 21.7. The van der Waals surface area contributed by atoms with E-state index in [-0.39, 0.29) is 17.5 Å². The fraction of sp³-hybridized carbons (Fsp3) is 0.269. The molecule has 1 saturated carbocycles. The Labute approximate surface area is 191 Å². The van der Waals surface area contributed by atoms with Crippen LogP contribution < -0.4 is 5.32 Å². The predicted octanol–water partition coefficient (Wildman–Crippen LogP) is 5.78. The van der Waals surface area contributed by atoms with Gasteiger partial charge in [-0.2, -0.15) is 0 Å². The molecule has 1 N–H and O–H groups in total. The number of carbonyl (C=O) groups excluding carboxylic acids is 1. The Balaban J connectivity index is 1.46. The molecule has 33 heavy (non-hydrogen) atoms. The first kappa shape index (κ1) is 21.1. The van der Waals surface area contributed by atoms with Crippen molar-refractivity contribution in [2.75, 3.05) is 0 Å². The SMILES string of the molecule is O=C(NCc1cccnc1)c1ccc(-c2c(-c3ccc(F)cc3)ncn2C2CCCCC2)o1. The molecule has 0 radical (unpaired) electrons. The molecule has 0 unspecified atom stereocenters. The van der Waals surface area contributed by atoms with Gasteiger partial charge in [0.25, 0.3) is 5.91 Å². The Morgan fingerprint density at radius 3 is 2.67 bits per heavy atom. The quantitative estimate of drug-likeness (QED) is 0.409. The Kier molecular flexibility index (Phi) is 6.02. The van der Waals surface area contributed by atoms with E-state index >= 15 is 0 Å². The summed E-state index contributed by atoms with van der Waals surface area (Å²) in [6, 6.07) is 13.8. The summed E-state index contributed by atoms with van der Waals surface area (Å²) in [6.07, 6.45) is 11.0. The third-order valence-corrected chi connectivity index (χ3v) is 6.12. The zero-order valence-electron chi connectivity index (χ0n) is 18.2. The van der Waals surface area contributed by atoms with E-state index < -0.39 is 0 Å². The highest BCUT2D eigenvalue weighted by Crippen LogP contribution is 2.38. The first-order chi connectivity index (χ1) is 16.2. The van der Waals surface area contributed by atoms with Gasteiger partial charge in [0.05, 0.1) is 12.0 Å². The van der Waals surface area contributed by atoms with Gasteiger partial charge in [0, 0.05) is 30.5 Å². The van der Waals surface area contributed by atoms with E-state index in [0.29, 0.717) is 18.3 Å². The molecule has 1 aromatic carbocycles. The molecule has 0 spiro atoms. The summed E-state index contributed by atoms with van der Waals surface area (Å²) in [7, 11) is 0. The molecule has 0 atom stereocenters. The predicted molar refractivity (Wildman–Crippen MR) is 123 cm³/mol. The lowest BCUT2D eigenvalue weighted by Gasteiger charge is -2.24. The van der Waals surface area contributed by atoms with Crippen LogP contribution in [0.1, 0.15) is 54.3 Å². The highest BCUT2D eigenvalue weighted by Gasteiger charge is 2.25. The van der Waals surface area contributed by atoms with Gasteiger partial charge in [0.2, 0.25) is 0 Å². The first-order valence-electron chi connectivity index (χ1n) is 11.3. The molecular weight excluding hydrogens is 419 g/mol. The molecule has 1 aliphatic carbocycles.